The van der Waals surface area contributed by atoms with Gasteiger partial charge >= 0.3 is 0 Å². The molecule has 0 saturated heterocycles. The van der Waals surface area contributed by atoms with Crippen molar-refractivity contribution in [1.29, 1.82) is 0 Å². The molecule has 0 aromatic carbocycles. The number of nitrogens with one attached hydrogen (secondary N) is 2. The molecule has 0 saturated carbocycles. The highest BCUT2D eigenvalue weighted by atomic mass is 32.2. The molecule has 0 unspecified atom stereocenters. The van der Waals surface area contributed by atoms with E-state index in [1.54, 1.807) is 0 Å². The second kappa shape index (κ2) is 12.5. The number of nitrogens with zero attached hydrogens (tertiary/aromatic N) is 2. The molecule has 0 aromatic rings. The Balaban J connectivity index is 4.58. The van der Waals surface area contributed by atoms with Crippen molar-refractivity contribution in [3.05, 3.63) is 0 Å². The van der Waals surface area contributed by atoms with Gasteiger partial charge < -0.3 is 15.7 Å². The third kappa shape index (κ3) is 10.7. The minimum Gasteiger partial charge on any atom is -0.388 e. The molecule has 3 N–H and O–H groups in total. The minimum absolute atomic E-state index is 0.369. The van der Waals surface area contributed by atoms with E-state index in [4.69, 9.17) is 0 Å². The predicted molar refractivity (Wildman–Crippen MR) is 105 cm³/mol. The molecule has 0 amide bonds. The minimum atomic E-state index is -3.14. The summed E-state index contributed by atoms with van der Waals surface area (Å²) in [6.07, 6.45) is 5.26. The standard InChI is InChI=1S/C17H38N4O3S/c1-6-11-17(22,12-7-2)15-20-16(18-8-3)19-13-10-14-21(9-4)25(5,23)24/h22H,6-15H2,1-5H3,(H2,18,19,20). The lowest BCUT2D eigenvalue weighted by atomic mass is 9.93. The van der Waals surface area contributed by atoms with Gasteiger partial charge in [-0.25, -0.2) is 12.7 Å². The second-order valence-corrected chi connectivity index (χ2v) is 8.44. The summed E-state index contributed by atoms with van der Waals surface area (Å²) >= 11 is 0. The second-order valence-electron chi connectivity index (χ2n) is 6.45. The van der Waals surface area contributed by atoms with Crippen LogP contribution < -0.4 is 10.6 Å². The number of hydrogen-bond acceptors (Lipinski definition) is 4. The Hall–Kier alpha value is -0.860. The van der Waals surface area contributed by atoms with Crippen LogP contribution in [0.5, 0.6) is 0 Å². The molecule has 7 nitrogen and oxygen atoms in total. The van der Waals surface area contributed by atoms with Gasteiger partial charge in [0.05, 0.1) is 18.4 Å². The zero-order chi connectivity index (χ0) is 19.3. The Labute approximate surface area is 154 Å². The van der Waals surface area contributed by atoms with E-state index in [0.717, 1.165) is 32.2 Å². The molecule has 0 fully saturated rings. The van der Waals surface area contributed by atoms with Gasteiger partial charge in [-0.2, -0.15) is 0 Å². The Kier molecular flexibility index (Phi) is 12.1. The lowest BCUT2D eigenvalue weighted by Gasteiger charge is -2.26. The van der Waals surface area contributed by atoms with Gasteiger partial charge in [-0.05, 0) is 26.2 Å². The van der Waals surface area contributed by atoms with Crippen LogP contribution in [0.2, 0.25) is 0 Å². The number of aliphatic hydroxyl groups is 1. The SMILES string of the molecule is CCCC(O)(CCC)CN=C(NCC)NCCCN(CC)S(C)(=O)=O. The molecule has 0 aliphatic rings. The van der Waals surface area contributed by atoms with Crippen LogP contribution in [0, 0.1) is 0 Å². The van der Waals surface area contributed by atoms with Gasteiger partial charge in [-0.15, -0.1) is 0 Å². The maximum Gasteiger partial charge on any atom is 0.211 e. The number of sulfonamides is 1. The lowest BCUT2D eigenvalue weighted by Crippen LogP contribution is -2.41. The number of guanidine groups is 1. The van der Waals surface area contributed by atoms with Gasteiger partial charge in [-0.3, -0.25) is 4.99 Å². The summed E-state index contributed by atoms with van der Waals surface area (Å²) in [5.74, 6) is 0.663. The van der Waals surface area contributed by atoms with Crippen LogP contribution in [-0.4, -0.2) is 68.4 Å². The largest absolute Gasteiger partial charge is 0.388 e. The highest BCUT2D eigenvalue weighted by molar-refractivity contribution is 7.88. The van der Waals surface area contributed by atoms with E-state index >= 15 is 0 Å². The van der Waals surface area contributed by atoms with Crippen LogP contribution in [0.4, 0.5) is 0 Å². The van der Waals surface area contributed by atoms with Gasteiger partial charge in [0.15, 0.2) is 5.96 Å². The average Bonchev–Trinajstić information content (AvgIpc) is 2.51. The summed E-state index contributed by atoms with van der Waals surface area (Å²) in [5, 5.41) is 17.0. The molecule has 0 bridgehead atoms. The Bertz CT molecular complexity index is 474. The van der Waals surface area contributed by atoms with E-state index in [0.29, 0.717) is 38.6 Å². The molecule has 0 rings (SSSR count). The summed E-state index contributed by atoms with van der Waals surface area (Å²) in [6, 6.07) is 0. The first-order valence-electron chi connectivity index (χ1n) is 9.42. The molecular weight excluding hydrogens is 340 g/mol. The fourth-order valence-corrected chi connectivity index (χ4v) is 3.73. The number of rotatable bonds is 13. The van der Waals surface area contributed by atoms with Crippen LogP contribution >= 0.6 is 0 Å². The van der Waals surface area contributed by atoms with Crippen molar-refractivity contribution in [2.75, 3.05) is 39.0 Å². The Morgan fingerprint density at radius 1 is 1.12 bits per heavy atom. The monoisotopic (exact) mass is 378 g/mol. The zero-order valence-electron chi connectivity index (χ0n) is 16.6. The fraction of sp³-hybridized carbons (Fsp3) is 0.941. The highest BCUT2D eigenvalue weighted by Crippen LogP contribution is 2.19. The topological polar surface area (TPSA) is 94.0 Å². The normalized spacial score (nSPS) is 13.3. The third-order valence-electron chi connectivity index (χ3n) is 4.00. The molecule has 0 spiro atoms. The van der Waals surface area contributed by atoms with Crippen LogP contribution in [-0.2, 0) is 10.0 Å². The van der Waals surface area contributed by atoms with Crippen molar-refractivity contribution in [1.82, 2.24) is 14.9 Å². The molecule has 0 heterocycles. The van der Waals surface area contributed by atoms with Crippen molar-refractivity contribution in [2.24, 2.45) is 4.99 Å². The first-order valence-corrected chi connectivity index (χ1v) is 11.3. The Morgan fingerprint density at radius 3 is 2.16 bits per heavy atom. The van der Waals surface area contributed by atoms with E-state index < -0.39 is 15.6 Å². The fourth-order valence-electron chi connectivity index (χ4n) is 2.80. The van der Waals surface area contributed by atoms with E-state index in [-0.39, 0.29) is 0 Å². The molecule has 0 atom stereocenters. The zero-order valence-corrected chi connectivity index (χ0v) is 17.5. The molecule has 0 aliphatic heterocycles. The summed E-state index contributed by atoms with van der Waals surface area (Å²) < 4.78 is 24.6. The van der Waals surface area contributed by atoms with Gasteiger partial charge in [-0.1, -0.05) is 33.6 Å². The van der Waals surface area contributed by atoms with Crippen molar-refractivity contribution in [3.63, 3.8) is 0 Å². The predicted octanol–water partition coefficient (Wildman–Crippen LogP) is 1.54. The molecule has 0 aromatic heterocycles. The molecule has 25 heavy (non-hydrogen) atoms. The molecule has 8 heteroatoms. The molecule has 150 valence electrons. The quantitative estimate of drug-likeness (QED) is 0.257. The summed E-state index contributed by atoms with van der Waals surface area (Å²) in [5.41, 5.74) is -0.749. The van der Waals surface area contributed by atoms with Crippen molar-refractivity contribution in [2.45, 2.75) is 65.4 Å². The van der Waals surface area contributed by atoms with Crippen LogP contribution in [0.15, 0.2) is 4.99 Å². The maximum atomic E-state index is 11.6. The summed E-state index contributed by atoms with van der Waals surface area (Å²) in [7, 11) is -3.14. The lowest BCUT2D eigenvalue weighted by molar-refractivity contribution is 0.0306. The molecule has 0 aliphatic carbocycles. The number of aliphatic imine (C=N–C) groups is 1. The highest BCUT2D eigenvalue weighted by Gasteiger charge is 2.24. The third-order valence-corrected chi connectivity index (χ3v) is 5.38. The van der Waals surface area contributed by atoms with Crippen molar-refractivity contribution >= 4 is 16.0 Å². The van der Waals surface area contributed by atoms with E-state index in [9.17, 15) is 13.5 Å². The van der Waals surface area contributed by atoms with E-state index in [2.05, 4.69) is 29.5 Å². The first kappa shape index (κ1) is 24.1. The molecular formula is C17H38N4O3S. The summed E-state index contributed by atoms with van der Waals surface area (Å²) in [4.78, 5) is 4.52. The van der Waals surface area contributed by atoms with Crippen molar-refractivity contribution < 1.29 is 13.5 Å². The smallest absolute Gasteiger partial charge is 0.211 e. The van der Waals surface area contributed by atoms with Crippen LogP contribution in [0.25, 0.3) is 0 Å². The Morgan fingerprint density at radius 2 is 1.72 bits per heavy atom. The first-order chi connectivity index (χ1) is 11.7. The van der Waals surface area contributed by atoms with E-state index in [1.807, 2.05) is 13.8 Å². The average molecular weight is 379 g/mol. The maximum absolute atomic E-state index is 11.6. The van der Waals surface area contributed by atoms with Crippen LogP contribution in [0.3, 0.4) is 0 Å². The van der Waals surface area contributed by atoms with Gasteiger partial charge in [0, 0.05) is 26.2 Å². The van der Waals surface area contributed by atoms with Gasteiger partial charge in [0.25, 0.3) is 0 Å². The van der Waals surface area contributed by atoms with E-state index in [1.165, 1.54) is 10.6 Å². The number of hydrogen-bond donors (Lipinski definition) is 3. The summed E-state index contributed by atoms with van der Waals surface area (Å²) in [6.45, 7) is 10.6. The van der Waals surface area contributed by atoms with Gasteiger partial charge in [0.1, 0.15) is 0 Å². The van der Waals surface area contributed by atoms with Crippen LogP contribution in [0.1, 0.15) is 59.8 Å². The van der Waals surface area contributed by atoms with Crippen molar-refractivity contribution in [3.8, 4) is 0 Å². The van der Waals surface area contributed by atoms with Gasteiger partial charge in [0.2, 0.25) is 10.0 Å². The molecule has 0 radical (unpaired) electrons.